The number of nitrogens with zero attached hydrogens (tertiary/aromatic N) is 2. The molecule has 0 radical (unpaired) electrons. The minimum atomic E-state index is -1.52. The third-order valence-corrected chi connectivity index (χ3v) is 8.01. The van der Waals surface area contributed by atoms with Gasteiger partial charge in [-0.1, -0.05) is 114 Å². The maximum absolute atomic E-state index is 8.85. The third kappa shape index (κ3) is 4.93. The van der Waals surface area contributed by atoms with Crippen LogP contribution in [0.1, 0.15) is 55.4 Å². The zero-order valence-corrected chi connectivity index (χ0v) is 25.7. The molecule has 214 valence electrons. The van der Waals surface area contributed by atoms with Gasteiger partial charge in [-0.05, 0) is 70.3 Å². The lowest BCUT2D eigenvalue weighted by molar-refractivity contribution is 0.411. The average molecular weight is 565 g/mol. The van der Waals surface area contributed by atoms with Gasteiger partial charge in [-0.2, -0.15) is 0 Å². The summed E-state index contributed by atoms with van der Waals surface area (Å²) in [6.07, 6.45) is -1.52. The van der Waals surface area contributed by atoms with Crippen LogP contribution in [0.3, 0.4) is 0 Å². The third-order valence-electron chi connectivity index (χ3n) is 8.01. The standard InChI is InChI=1S/C40H38N2O/c1-39(2,3)25-26-19-21-29-30-15-12-16-31(37(30)43-36(29)23-26)38-41-33-17-10-11-18-35(33)42(38)34-22-20-28(40(4,5)6)24-32(34)27-13-8-7-9-14-27/h7-24H,25H2,1-6H3/i25D2. The summed E-state index contributed by atoms with van der Waals surface area (Å²) in [5.41, 5.74) is 8.85. The Hall–Kier alpha value is -4.63. The normalized spacial score (nSPS) is 13.5. The number of fused-ring (bicyclic) bond motifs is 4. The SMILES string of the molecule is [2H]C([2H])(c1ccc2c(c1)oc1c(-c3nc4ccccc4n3-c3ccc(C(C)(C)C)cc3-c3ccccc3)cccc12)C(C)(C)C. The highest BCUT2D eigenvalue weighted by atomic mass is 16.3. The molecule has 0 spiro atoms. The van der Waals surface area contributed by atoms with E-state index in [1.54, 1.807) is 0 Å². The Bertz CT molecular complexity index is 2210. The molecule has 0 bridgehead atoms. The molecule has 7 rings (SSSR count). The largest absolute Gasteiger partial charge is 0.455 e. The molecule has 0 amide bonds. The summed E-state index contributed by atoms with van der Waals surface area (Å²) in [6.45, 7) is 12.5. The number of furan rings is 1. The topological polar surface area (TPSA) is 31.0 Å². The zero-order valence-electron chi connectivity index (χ0n) is 27.7. The molecule has 0 aliphatic rings. The van der Waals surface area contributed by atoms with Crippen LogP contribution in [0.5, 0.6) is 0 Å². The first-order chi connectivity index (χ1) is 21.3. The summed E-state index contributed by atoms with van der Waals surface area (Å²) in [5.74, 6) is 0.798. The minimum absolute atomic E-state index is 0.0106. The highest BCUT2D eigenvalue weighted by Crippen LogP contribution is 2.41. The smallest absolute Gasteiger partial charge is 0.149 e. The van der Waals surface area contributed by atoms with Crippen LogP contribution in [0.25, 0.3) is 61.2 Å². The summed E-state index contributed by atoms with van der Waals surface area (Å²) in [5, 5.41) is 1.94. The van der Waals surface area contributed by atoms with Gasteiger partial charge in [-0.25, -0.2) is 4.98 Å². The number of aromatic nitrogens is 2. The predicted octanol–water partition coefficient (Wildman–Crippen LogP) is 11.1. The van der Waals surface area contributed by atoms with Crippen molar-refractivity contribution in [2.24, 2.45) is 5.41 Å². The Morgan fingerprint density at radius 1 is 0.721 bits per heavy atom. The second-order valence-electron chi connectivity index (χ2n) is 13.5. The van der Waals surface area contributed by atoms with E-state index in [-0.39, 0.29) is 5.41 Å². The monoisotopic (exact) mass is 564 g/mol. The second kappa shape index (κ2) is 9.98. The van der Waals surface area contributed by atoms with E-state index in [4.69, 9.17) is 12.1 Å². The van der Waals surface area contributed by atoms with Crippen LogP contribution in [0.4, 0.5) is 0 Å². The Balaban J connectivity index is 1.51. The molecule has 3 nitrogen and oxygen atoms in total. The van der Waals surface area contributed by atoms with Crippen molar-refractivity contribution in [1.29, 1.82) is 0 Å². The second-order valence-corrected chi connectivity index (χ2v) is 13.5. The van der Waals surface area contributed by atoms with Gasteiger partial charge in [0.05, 0.1) is 22.3 Å². The molecule has 0 aliphatic carbocycles. The highest BCUT2D eigenvalue weighted by Gasteiger charge is 2.23. The van der Waals surface area contributed by atoms with E-state index in [9.17, 15) is 0 Å². The number of rotatable bonds is 4. The number of benzene rings is 5. The first kappa shape index (κ1) is 24.9. The Kier molecular flexibility index (Phi) is 5.79. The molecule has 0 atom stereocenters. The van der Waals surface area contributed by atoms with Crippen LogP contribution in [0.2, 0.25) is 0 Å². The van der Waals surface area contributed by atoms with Gasteiger partial charge < -0.3 is 4.42 Å². The lowest BCUT2D eigenvalue weighted by Gasteiger charge is -2.23. The summed E-state index contributed by atoms with van der Waals surface area (Å²) in [4.78, 5) is 5.22. The van der Waals surface area contributed by atoms with Crippen LogP contribution in [0, 0.1) is 5.41 Å². The molecule has 5 aromatic carbocycles. The summed E-state index contributed by atoms with van der Waals surface area (Å²) >= 11 is 0. The molecule has 3 heteroatoms. The number of hydrogen-bond donors (Lipinski definition) is 0. The lowest BCUT2D eigenvalue weighted by Crippen LogP contribution is -2.12. The first-order valence-corrected chi connectivity index (χ1v) is 15.0. The molecule has 0 saturated carbocycles. The van der Waals surface area contributed by atoms with Crippen molar-refractivity contribution in [1.82, 2.24) is 9.55 Å². The van der Waals surface area contributed by atoms with Gasteiger partial charge >= 0.3 is 0 Å². The Morgan fingerprint density at radius 3 is 2.26 bits per heavy atom. The van der Waals surface area contributed by atoms with Crippen molar-refractivity contribution in [3.63, 3.8) is 0 Å². The van der Waals surface area contributed by atoms with Crippen molar-refractivity contribution >= 4 is 33.0 Å². The molecule has 0 unspecified atom stereocenters. The van der Waals surface area contributed by atoms with Crippen LogP contribution < -0.4 is 0 Å². The molecule has 2 heterocycles. The van der Waals surface area contributed by atoms with Gasteiger partial charge in [-0.3, -0.25) is 4.57 Å². The van der Waals surface area contributed by atoms with Crippen molar-refractivity contribution in [2.75, 3.05) is 0 Å². The minimum Gasteiger partial charge on any atom is -0.455 e. The molecule has 7 aromatic rings. The molecular formula is C40H38N2O. The lowest BCUT2D eigenvalue weighted by atomic mass is 9.85. The average Bonchev–Trinajstić information content (AvgIpc) is 3.58. The van der Waals surface area contributed by atoms with Gasteiger partial charge in [0.2, 0.25) is 0 Å². The van der Waals surface area contributed by atoms with Gasteiger partial charge in [0, 0.05) is 19.1 Å². The summed E-state index contributed by atoms with van der Waals surface area (Å²) < 4.78 is 26.6. The molecule has 0 saturated heterocycles. The predicted molar refractivity (Wildman–Crippen MR) is 181 cm³/mol. The van der Waals surface area contributed by atoms with Crippen LogP contribution in [-0.4, -0.2) is 9.55 Å². The van der Waals surface area contributed by atoms with Crippen LogP contribution in [0.15, 0.2) is 114 Å². The fourth-order valence-electron chi connectivity index (χ4n) is 5.98. The van der Waals surface area contributed by atoms with E-state index < -0.39 is 11.8 Å². The van der Waals surface area contributed by atoms with E-state index in [1.165, 1.54) is 5.56 Å². The fourth-order valence-corrected chi connectivity index (χ4v) is 5.98. The van der Waals surface area contributed by atoms with E-state index in [2.05, 4.69) is 110 Å². The fraction of sp³-hybridized carbons (Fsp3) is 0.225. The van der Waals surface area contributed by atoms with Crippen molar-refractivity contribution in [3.8, 4) is 28.2 Å². The molecule has 0 aliphatic heterocycles. The molecule has 43 heavy (non-hydrogen) atoms. The Labute approximate surface area is 256 Å². The van der Waals surface area contributed by atoms with Crippen LogP contribution in [-0.2, 0) is 11.8 Å². The Morgan fingerprint density at radius 2 is 1.49 bits per heavy atom. The van der Waals surface area contributed by atoms with Crippen molar-refractivity contribution in [2.45, 2.75) is 53.3 Å². The maximum Gasteiger partial charge on any atom is 0.149 e. The van der Waals surface area contributed by atoms with Crippen molar-refractivity contribution < 1.29 is 7.16 Å². The van der Waals surface area contributed by atoms with Gasteiger partial charge in [0.1, 0.15) is 17.0 Å². The highest BCUT2D eigenvalue weighted by molar-refractivity contribution is 6.09. The maximum atomic E-state index is 8.85. The summed E-state index contributed by atoms with van der Waals surface area (Å²) in [6, 6.07) is 37.5. The number of hydrogen-bond acceptors (Lipinski definition) is 2. The quantitative estimate of drug-likeness (QED) is 0.213. The molecular weight excluding hydrogens is 524 g/mol. The van der Waals surface area contributed by atoms with Crippen LogP contribution >= 0.6 is 0 Å². The first-order valence-electron chi connectivity index (χ1n) is 16.0. The zero-order chi connectivity index (χ0) is 31.7. The summed E-state index contributed by atoms with van der Waals surface area (Å²) in [7, 11) is 0. The van der Waals surface area contributed by atoms with E-state index in [0.29, 0.717) is 11.1 Å². The number of para-hydroxylation sites is 3. The van der Waals surface area contributed by atoms with Gasteiger partial charge in [0.15, 0.2) is 0 Å². The van der Waals surface area contributed by atoms with E-state index in [1.807, 2.05) is 45.0 Å². The van der Waals surface area contributed by atoms with Crippen molar-refractivity contribution in [3.05, 3.63) is 120 Å². The molecule has 2 aromatic heterocycles. The number of imidazole rings is 1. The molecule has 0 N–H and O–H groups in total. The van der Waals surface area contributed by atoms with Gasteiger partial charge in [0.25, 0.3) is 0 Å². The van der Waals surface area contributed by atoms with E-state index in [0.717, 1.165) is 55.6 Å². The van der Waals surface area contributed by atoms with Gasteiger partial charge in [-0.15, -0.1) is 0 Å². The van der Waals surface area contributed by atoms with E-state index >= 15 is 0 Å². The molecule has 0 fully saturated rings.